The van der Waals surface area contributed by atoms with Crippen molar-refractivity contribution >= 4 is 11.7 Å². The normalized spacial score (nSPS) is 14.3. The van der Waals surface area contributed by atoms with E-state index in [9.17, 15) is 4.79 Å². The van der Waals surface area contributed by atoms with Gasteiger partial charge in [0.1, 0.15) is 5.75 Å². The van der Waals surface area contributed by atoms with Gasteiger partial charge in [0.05, 0.1) is 25.0 Å². The topological polar surface area (TPSA) is 70.8 Å². The maximum Gasteiger partial charge on any atom is 0.337 e. The lowest BCUT2D eigenvalue weighted by molar-refractivity contribution is 0.0104. The van der Waals surface area contributed by atoms with Crippen molar-refractivity contribution in [1.82, 2.24) is 0 Å². The lowest BCUT2D eigenvalue weighted by atomic mass is 10.2. The van der Waals surface area contributed by atoms with Crippen molar-refractivity contribution < 1.29 is 19.0 Å². The van der Waals surface area contributed by atoms with E-state index in [-0.39, 0.29) is 6.79 Å². The van der Waals surface area contributed by atoms with Gasteiger partial charge in [0.15, 0.2) is 6.79 Å². The summed E-state index contributed by atoms with van der Waals surface area (Å²) in [4.78, 5) is 11.3. The predicted molar refractivity (Wildman–Crippen MR) is 66.4 cm³/mol. The first-order chi connectivity index (χ1) is 8.70. The van der Waals surface area contributed by atoms with Crippen LogP contribution >= 0.6 is 0 Å². The van der Waals surface area contributed by atoms with Gasteiger partial charge in [-0.05, 0) is 37.0 Å². The molecule has 1 aromatic carbocycles. The molecule has 0 heterocycles. The Morgan fingerprint density at radius 3 is 2.83 bits per heavy atom. The molecule has 5 nitrogen and oxygen atoms in total. The van der Waals surface area contributed by atoms with Crippen molar-refractivity contribution in [3.05, 3.63) is 23.8 Å². The zero-order valence-electron chi connectivity index (χ0n) is 10.3. The fraction of sp³-hybridized carbons (Fsp3) is 0.462. The Kier molecular flexibility index (Phi) is 4.04. The summed E-state index contributed by atoms with van der Waals surface area (Å²) >= 11 is 0. The molecule has 0 aromatic heterocycles. The van der Waals surface area contributed by atoms with Crippen LogP contribution in [-0.2, 0) is 9.47 Å². The highest BCUT2D eigenvalue weighted by Gasteiger charge is 2.21. The Bertz CT molecular complexity index is 429. The molecule has 0 bridgehead atoms. The molecule has 1 fully saturated rings. The van der Waals surface area contributed by atoms with Gasteiger partial charge in [-0.2, -0.15) is 0 Å². The number of benzene rings is 1. The minimum absolute atomic E-state index is 0.179. The molecule has 5 heteroatoms. The number of esters is 1. The van der Waals surface area contributed by atoms with Crippen LogP contribution in [0.3, 0.4) is 0 Å². The van der Waals surface area contributed by atoms with Crippen molar-refractivity contribution in [2.45, 2.75) is 12.8 Å². The zero-order valence-corrected chi connectivity index (χ0v) is 10.3. The standard InChI is InChI=1S/C13H17NO4/c1-16-13(15)10-4-5-12(11(14)6-10)18-8-17-7-9-2-3-9/h4-6,9H,2-3,7-8,14H2,1H3. The number of nitrogen functional groups attached to an aromatic ring is 1. The maximum atomic E-state index is 11.3. The Labute approximate surface area is 106 Å². The van der Waals surface area contributed by atoms with E-state index in [4.69, 9.17) is 15.2 Å². The minimum Gasteiger partial charge on any atom is -0.465 e. The first kappa shape index (κ1) is 12.7. The van der Waals surface area contributed by atoms with Crippen molar-refractivity contribution in [2.75, 3.05) is 26.2 Å². The third-order valence-electron chi connectivity index (χ3n) is 2.78. The summed E-state index contributed by atoms with van der Waals surface area (Å²) in [7, 11) is 1.33. The number of carbonyl (C=O) groups is 1. The highest BCUT2D eigenvalue weighted by molar-refractivity contribution is 5.90. The van der Waals surface area contributed by atoms with E-state index in [1.165, 1.54) is 26.0 Å². The fourth-order valence-electron chi connectivity index (χ4n) is 1.53. The molecule has 1 saturated carbocycles. The smallest absolute Gasteiger partial charge is 0.337 e. The van der Waals surface area contributed by atoms with E-state index in [1.54, 1.807) is 12.1 Å². The molecule has 0 radical (unpaired) electrons. The Morgan fingerprint density at radius 2 is 2.22 bits per heavy atom. The molecule has 0 unspecified atom stereocenters. The SMILES string of the molecule is COC(=O)c1ccc(OCOCC2CC2)c(N)c1. The highest BCUT2D eigenvalue weighted by Crippen LogP contribution is 2.29. The summed E-state index contributed by atoms with van der Waals surface area (Å²) in [5.41, 5.74) is 6.58. The summed E-state index contributed by atoms with van der Waals surface area (Å²) in [5, 5.41) is 0. The number of methoxy groups -OCH3 is 1. The number of anilines is 1. The van der Waals surface area contributed by atoms with Crippen LogP contribution in [0.25, 0.3) is 0 Å². The maximum absolute atomic E-state index is 11.3. The molecular weight excluding hydrogens is 234 g/mol. The third kappa shape index (κ3) is 3.37. The summed E-state index contributed by atoms with van der Waals surface area (Å²) in [6, 6.07) is 4.78. The molecule has 1 aliphatic rings. The molecule has 1 aliphatic carbocycles. The third-order valence-corrected chi connectivity index (χ3v) is 2.78. The average Bonchev–Trinajstić information content (AvgIpc) is 3.19. The molecule has 0 saturated heterocycles. The van der Waals surface area contributed by atoms with Crippen LogP contribution in [0.5, 0.6) is 5.75 Å². The summed E-state index contributed by atoms with van der Waals surface area (Å²) in [6.45, 7) is 0.915. The minimum atomic E-state index is -0.418. The Morgan fingerprint density at radius 1 is 1.44 bits per heavy atom. The van der Waals surface area contributed by atoms with Gasteiger partial charge in [-0.1, -0.05) is 0 Å². The van der Waals surface area contributed by atoms with Crippen LogP contribution in [-0.4, -0.2) is 26.5 Å². The molecular formula is C13H17NO4. The second-order valence-electron chi connectivity index (χ2n) is 4.32. The van der Waals surface area contributed by atoms with E-state index in [0.717, 1.165) is 6.61 Å². The van der Waals surface area contributed by atoms with E-state index >= 15 is 0 Å². The second-order valence-corrected chi connectivity index (χ2v) is 4.32. The predicted octanol–water partition coefficient (Wildman–Crippen LogP) is 1.82. The van der Waals surface area contributed by atoms with Gasteiger partial charge in [-0.25, -0.2) is 4.79 Å². The Balaban J connectivity index is 1.85. The van der Waals surface area contributed by atoms with Gasteiger partial charge < -0.3 is 19.9 Å². The molecule has 0 amide bonds. The van der Waals surface area contributed by atoms with Crippen molar-refractivity contribution in [2.24, 2.45) is 5.92 Å². The van der Waals surface area contributed by atoms with Gasteiger partial charge >= 0.3 is 5.97 Å². The van der Waals surface area contributed by atoms with Crippen LogP contribution < -0.4 is 10.5 Å². The van der Waals surface area contributed by atoms with Gasteiger partial charge in [0.25, 0.3) is 0 Å². The molecule has 1 aromatic rings. The highest BCUT2D eigenvalue weighted by atomic mass is 16.7. The fourth-order valence-corrected chi connectivity index (χ4v) is 1.53. The summed E-state index contributed by atoms with van der Waals surface area (Å²) in [6.07, 6.45) is 2.49. The van der Waals surface area contributed by atoms with Crippen molar-refractivity contribution in [3.8, 4) is 5.75 Å². The lowest BCUT2D eigenvalue weighted by Gasteiger charge is -2.10. The zero-order chi connectivity index (χ0) is 13.0. The number of ether oxygens (including phenoxy) is 3. The molecule has 2 N–H and O–H groups in total. The van der Waals surface area contributed by atoms with E-state index in [1.807, 2.05) is 0 Å². The van der Waals surface area contributed by atoms with Crippen molar-refractivity contribution in [1.29, 1.82) is 0 Å². The van der Waals surface area contributed by atoms with E-state index in [0.29, 0.717) is 22.9 Å². The average molecular weight is 251 g/mol. The van der Waals surface area contributed by atoms with Crippen LogP contribution in [0.1, 0.15) is 23.2 Å². The molecule has 2 rings (SSSR count). The molecule has 18 heavy (non-hydrogen) atoms. The quantitative estimate of drug-likeness (QED) is 0.361. The number of nitrogens with two attached hydrogens (primary N) is 1. The molecule has 0 spiro atoms. The second kappa shape index (κ2) is 5.73. The summed E-state index contributed by atoms with van der Waals surface area (Å²) < 4.78 is 15.3. The summed E-state index contributed by atoms with van der Waals surface area (Å²) in [5.74, 6) is 0.796. The van der Waals surface area contributed by atoms with Crippen LogP contribution in [0.4, 0.5) is 5.69 Å². The molecule has 0 aliphatic heterocycles. The molecule has 0 atom stereocenters. The van der Waals surface area contributed by atoms with Crippen LogP contribution in [0, 0.1) is 5.92 Å². The largest absolute Gasteiger partial charge is 0.465 e. The van der Waals surface area contributed by atoms with Gasteiger partial charge in [0, 0.05) is 0 Å². The van der Waals surface area contributed by atoms with Crippen LogP contribution in [0.2, 0.25) is 0 Å². The number of hydrogen-bond donors (Lipinski definition) is 1. The lowest BCUT2D eigenvalue weighted by Crippen LogP contribution is -2.07. The number of hydrogen-bond acceptors (Lipinski definition) is 5. The van der Waals surface area contributed by atoms with Gasteiger partial charge in [0.2, 0.25) is 0 Å². The number of rotatable bonds is 6. The first-order valence-corrected chi connectivity index (χ1v) is 5.89. The molecule has 98 valence electrons. The van der Waals surface area contributed by atoms with E-state index < -0.39 is 5.97 Å². The number of carbonyl (C=O) groups excluding carboxylic acids is 1. The van der Waals surface area contributed by atoms with Gasteiger partial charge in [-0.3, -0.25) is 0 Å². The monoisotopic (exact) mass is 251 g/mol. The first-order valence-electron chi connectivity index (χ1n) is 5.89. The van der Waals surface area contributed by atoms with Crippen molar-refractivity contribution in [3.63, 3.8) is 0 Å². The van der Waals surface area contributed by atoms with Crippen LogP contribution in [0.15, 0.2) is 18.2 Å². The van der Waals surface area contributed by atoms with E-state index in [2.05, 4.69) is 4.74 Å². The Hall–Kier alpha value is -1.75. The van der Waals surface area contributed by atoms with Gasteiger partial charge in [-0.15, -0.1) is 0 Å².